The molecule has 0 spiro atoms. The molecule has 0 aliphatic carbocycles. The maximum absolute atomic E-state index is 10.5. The van der Waals surface area contributed by atoms with Gasteiger partial charge in [-0.05, 0) is 0 Å². The Morgan fingerprint density at radius 2 is 1.44 bits per heavy atom. The van der Waals surface area contributed by atoms with Gasteiger partial charge in [0.05, 0.1) is 0 Å². The summed E-state index contributed by atoms with van der Waals surface area (Å²) in [6.07, 6.45) is 0. The summed E-state index contributed by atoms with van der Waals surface area (Å²) < 4.78 is 2.41. The molecule has 0 heterocycles. The van der Waals surface area contributed by atoms with E-state index in [2.05, 4.69) is 12.1 Å². The van der Waals surface area contributed by atoms with Gasteiger partial charge in [0.2, 0.25) is 0 Å². The predicted octanol–water partition coefficient (Wildman–Crippen LogP) is 1.25. The number of benzene rings is 2. The Balaban J connectivity index is 2.14. The van der Waals surface area contributed by atoms with E-state index in [1.165, 1.54) is 4.46 Å². The Kier molecular flexibility index (Phi) is 3.34. The molecule has 0 atom stereocenters. The Bertz CT molecular complexity index is 482. The fraction of sp³-hybridized carbons (Fsp3) is 0. The molecule has 2 aromatic rings. The third-order valence-corrected chi connectivity index (χ3v) is 4.16. The fourth-order valence-corrected chi connectivity index (χ4v) is 3.02. The van der Waals surface area contributed by atoms with Crippen LogP contribution in [0, 0.1) is 10.1 Å². The van der Waals surface area contributed by atoms with Crippen LogP contribution in [0.2, 0.25) is 0 Å². The van der Waals surface area contributed by atoms with Crippen molar-refractivity contribution in [3.8, 4) is 0 Å². The molecule has 0 aliphatic heterocycles. The fourth-order valence-electron chi connectivity index (χ4n) is 1.26. The molecule has 0 bridgehead atoms. The summed E-state index contributed by atoms with van der Waals surface area (Å²) in [5.74, 6) is 0. The molecular formula is C12H9NO2Se. The molecule has 0 unspecified atom stereocenters. The molecule has 0 fully saturated rings. The predicted molar refractivity (Wildman–Crippen MR) is 64.6 cm³/mol. The molecule has 0 aromatic heterocycles. The molecule has 80 valence electrons. The first-order valence-electron chi connectivity index (χ1n) is 4.73. The molecule has 0 aliphatic rings. The van der Waals surface area contributed by atoms with E-state index in [-0.39, 0.29) is 25.6 Å². The van der Waals surface area contributed by atoms with Crippen LogP contribution in [0.1, 0.15) is 0 Å². The van der Waals surface area contributed by atoms with E-state index in [0.717, 1.165) is 4.46 Å². The number of nitrogens with zero attached hydrogens (tertiary/aromatic N) is 1. The van der Waals surface area contributed by atoms with Crippen LogP contribution in [0.3, 0.4) is 0 Å². The molecule has 0 N–H and O–H groups in total. The SMILES string of the molecule is O=[N+]([O-])c1ccc([Se]c2ccccc2)cc1. The van der Waals surface area contributed by atoms with Crippen LogP contribution in [0.15, 0.2) is 54.6 Å². The van der Waals surface area contributed by atoms with Crippen molar-refractivity contribution in [3.05, 3.63) is 64.7 Å². The normalized spacial score (nSPS) is 10.0. The second-order valence-electron chi connectivity index (χ2n) is 3.17. The summed E-state index contributed by atoms with van der Waals surface area (Å²) in [6, 6.07) is 16.9. The van der Waals surface area contributed by atoms with Crippen molar-refractivity contribution < 1.29 is 4.92 Å². The molecule has 16 heavy (non-hydrogen) atoms. The molecule has 3 nitrogen and oxygen atoms in total. The molecular weight excluding hydrogens is 269 g/mol. The van der Waals surface area contributed by atoms with Crippen molar-refractivity contribution in [1.29, 1.82) is 0 Å². The van der Waals surface area contributed by atoms with Gasteiger partial charge in [-0.15, -0.1) is 0 Å². The zero-order chi connectivity index (χ0) is 11.4. The summed E-state index contributed by atoms with van der Waals surface area (Å²) in [5.41, 5.74) is 0.146. The van der Waals surface area contributed by atoms with Gasteiger partial charge in [0, 0.05) is 0 Å². The van der Waals surface area contributed by atoms with E-state index in [1.807, 2.05) is 30.3 Å². The first kappa shape index (κ1) is 10.9. The average molecular weight is 278 g/mol. The summed E-state index contributed by atoms with van der Waals surface area (Å²) in [4.78, 5) is 10.1. The molecule has 0 saturated carbocycles. The standard InChI is InChI=1S/C12H9NO2Se/c14-13(15)10-6-8-12(9-7-10)16-11-4-2-1-3-5-11/h1-9H. The maximum atomic E-state index is 10.5. The van der Waals surface area contributed by atoms with E-state index in [4.69, 9.17) is 0 Å². The molecule has 0 radical (unpaired) electrons. The molecule has 2 rings (SSSR count). The van der Waals surface area contributed by atoms with Crippen LogP contribution in [0.25, 0.3) is 0 Å². The van der Waals surface area contributed by atoms with Crippen molar-refractivity contribution in [3.63, 3.8) is 0 Å². The Morgan fingerprint density at radius 1 is 0.875 bits per heavy atom. The van der Waals surface area contributed by atoms with E-state index in [1.54, 1.807) is 12.1 Å². The van der Waals surface area contributed by atoms with Crippen molar-refractivity contribution in [2.75, 3.05) is 0 Å². The Labute approximate surface area is 99.4 Å². The summed E-state index contributed by atoms with van der Waals surface area (Å²) >= 11 is 0.219. The second-order valence-corrected chi connectivity index (χ2v) is 5.57. The quantitative estimate of drug-likeness (QED) is 0.482. The van der Waals surface area contributed by atoms with Gasteiger partial charge in [0.1, 0.15) is 0 Å². The van der Waals surface area contributed by atoms with E-state index >= 15 is 0 Å². The topological polar surface area (TPSA) is 43.1 Å². The number of nitro groups is 1. The minimum atomic E-state index is -0.376. The summed E-state index contributed by atoms with van der Waals surface area (Å²) in [5, 5.41) is 10.5. The monoisotopic (exact) mass is 279 g/mol. The number of hydrogen-bond acceptors (Lipinski definition) is 2. The Hall–Kier alpha value is -1.64. The minimum absolute atomic E-state index is 0.146. The average Bonchev–Trinajstić information content (AvgIpc) is 2.31. The first-order chi connectivity index (χ1) is 7.75. The number of non-ortho nitro benzene ring substituents is 1. The van der Waals surface area contributed by atoms with Crippen molar-refractivity contribution in [2.24, 2.45) is 0 Å². The van der Waals surface area contributed by atoms with Crippen LogP contribution < -0.4 is 8.92 Å². The third kappa shape index (κ3) is 2.69. The van der Waals surface area contributed by atoms with Crippen LogP contribution >= 0.6 is 0 Å². The summed E-state index contributed by atoms with van der Waals surface area (Å²) in [7, 11) is 0. The summed E-state index contributed by atoms with van der Waals surface area (Å²) in [6.45, 7) is 0. The van der Waals surface area contributed by atoms with E-state index in [0.29, 0.717) is 0 Å². The van der Waals surface area contributed by atoms with Gasteiger partial charge in [0.25, 0.3) is 0 Å². The number of nitro benzene ring substituents is 1. The van der Waals surface area contributed by atoms with Gasteiger partial charge in [-0.3, -0.25) is 0 Å². The Morgan fingerprint density at radius 3 is 2.00 bits per heavy atom. The number of rotatable bonds is 3. The van der Waals surface area contributed by atoms with Gasteiger partial charge in [-0.1, -0.05) is 0 Å². The van der Waals surface area contributed by atoms with Crippen LogP contribution in [0.4, 0.5) is 5.69 Å². The molecule has 0 amide bonds. The van der Waals surface area contributed by atoms with Crippen LogP contribution in [-0.4, -0.2) is 19.9 Å². The van der Waals surface area contributed by atoms with Gasteiger partial charge in [-0.25, -0.2) is 0 Å². The third-order valence-electron chi connectivity index (χ3n) is 2.03. The van der Waals surface area contributed by atoms with Crippen molar-refractivity contribution >= 4 is 29.6 Å². The zero-order valence-corrected chi connectivity index (χ0v) is 10.1. The van der Waals surface area contributed by atoms with E-state index in [9.17, 15) is 10.1 Å². The van der Waals surface area contributed by atoms with Gasteiger partial charge >= 0.3 is 99.2 Å². The molecule has 4 heteroatoms. The second kappa shape index (κ2) is 4.92. The zero-order valence-electron chi connectivity index (χ0n) is 8.37. The molecule has 2 aromatic carbocycles. The van der Waals surface area contributed by atoms with Crippen molar-refractivity contribution in [1.82, 2.24) is 0 Å². The first-order valence-corrected chi connectivity index (χ1v) is 6.44. The van der Waals surface area contributed by atoms with Gasteiger partial charge in [0.15, 0.2) is 0 Å². The van der Waals surface area contributed by atoms with Gasteiger partial charge < -0.3 is 0 Å². The van der Waals surface area contributed by atoms with Crippen LogP contribution in [0.5, 0.6) is 0 Å². The number of hydrogen-bond donors (Lipinski definition) is 0. The van der Waals surface area contributed by atoms with E-state index < -0.39 is 0 Å². The molecule has 0 saturated heterocycles. The van der Waals surface area contributed by atoms with Crippen molar-refractivity contribution in [2.45, 2.75) is 0 Å². The van der Waals surface area contributed by atoms with Gasteiger partial charge in [-0.2, -0.15) is 0 Å². The van der Waals surface area contributed by atoms with Crippen LogP contribution in [-0.2, 0) is 0 Å².